The fourth-order valence-electron chi connectivity index (χ4n) is 1.01. The third-order valence-corrected chi connectivity index (χ3v) is 2.97. The van der Waals surface area contributed by atoms with E-state index in [2.05, 4.69) is 25.7 Å². The molecule has 0 amide bonds. The molecule has 0 saturated carbocycles. The van der Waals surface area contributed by atoms with Crippen LogP contribution in [0.5, 0.6) is 0 Å². The first kappa shape index (κ1) is 12.6. The lowest BCUT2D eigenvalue weighted by Gasteiger charge is -2.16. The van der Waals surface area contributed by atoms with Crippen molar-refractivity contribution in [2.24, 2.45) is 0 Å². The van der Waals surface area contributed by atoms with Crippen LogP contribution in [-0.4, -0.2) is 24.2 Å². The van der Waals surface area contributed by atoms with Crippen molar-refractivity contribution in [1.29, 1.82) is 0 Å². The standard InChI is InChI=1S/C9H12BrNO3S/c1-5(2)14-7(8(12)13-3)6-4-15-9(10)11-6/h4-5,7H,1-3H3. The van der Waals surface area contributed by atoms with Gasteiger partial charge in [-0.1, -0.05) is 0 Å². The largest absolute Gasteiger partial charge is 0.467 e. The summed E-state index contributed by atoms with van der Waals surface area (Å²) in [4.78, 5) is 15.6. The molecule has 4 nitrogen and oxygen atoms in total. The molecule has 0 bridgehead atoms. The summed E-state index contributed by atoms with van der Waals surface area (Å²) in [6.07, 6.45) is -0.799. The normalized spacial score (nSPS) is 12.9. The summed E-state index contributed by atoms with van der Waals surface area (Å²) < 4.78 is 10.8. The van der Waals surface area contributed by atoms with Gasteiger partial charge in [-0.15, -0.1) is 11.3 Å². The highest BCUT2D eigenvalue weighted by molar-refractivity contribution is 9.11. The predicted molar refractivity (Wildman–Crippen MR) is 60.8 cm³/mol. The first-order valence-electron chi connectivity index (χ1n) is 4.38. The molecule has 1 heterocycles. The fraction of sp³-hybridized carbons (Fsp3) is 0.556. The zero-order chi connectivity index (χ0) is 11.4. The molecular formula is C9H12BrNO3S. The first-order chi connectivity index (χ1) is 7.04. The molecule has 1 unspecified atom stereocenters. The van der Waals surface area contributed by atoms with Gasteiger partial charge in [0.1, 0.15) is 0 Å². The number of hydrogen-bond acceptors (Lipinski definition) is 5. The van der Waals surface area contributed by atoms with Gasteiger partial charge in [0, 0.05) is 5.38 Å². The number of thiazole rings is 1. The fourth-order valence-corrected chi connectivity index (χ4v) is 2.05. The third-order valence-electron chi connectivity index (χ3n) is 1.59. The minimum atomic E-state index is -0.738. The molecule has 0 N–H and O–H groups in total. The number of halogens is 1. The van der Waals surface area contributed by atoms with E-state index in [0.717, 1.165) is 3.92 Å². The molecule has 0 saturated heterocycles. The summed E-state index contributed by atoms with van der Waals surface area (Å²) in [5.41, 5.74) is 0.576. The summed E-state index contributed by atoms with van der Waals surface area (Å²) in [7, 11) is 1.33. The molecule has 1 aromatic heterocycles. The van der Waals surface area contributed by atoms with Gasteiger partial charge in [0.05, 0.1) is 18.9 Å². The van der Waals surface area contributed by atoms with Crippen LogP contribution in [0, 0.1) is 0 Å². The van der Waals surface area contributed by atoms with Crippen LogP contribution >= 0.6 is 27.3 Å². The van der Waals surface area contributed by atoms with Crippen LogP contribution in [0.3, 0.4) is 0 Å². The zero-order valence-electron chi connectivity index (χ0n) is 8.69. The Morgan fingerprint density at radius 1 is 1.60 bits per heavy atom. The molecule has 0 aromatic carbocycles. The smallest absolute Gasteiger partial charge is 0.341 e. The summed E-state index contributed by atoms with van der Waals surface area (Å²) >= 11 is 4.64. The molecule has 0 spiro atoms. The molecule has 1 atom stereocenters. The lowest BCUT2D eigenvalue weighted by Crippen LogP contribution is -2.21. The van der Waals surface area contributed by atoms with Crippen LogP contribution in [0.15, 0.2) is 9.30 Å². The Kier molecular flexibility index (Phi) is 4.69. The molecule has 1 rings (SSSR count). The summed E-state index contributed by atoms with van der Waals surface area (Å²) in [6, 6.07) is 0. The predicted octanol–water partition coefficient (Wildman–Crippen LogP) is 2.54. The molecule has 0 aliphatic carbocycles. The molecule has 1 aromatic rings. The maximum Gasteiger partial charge on any atom is 0.341 e. The van der Waals surface area contributed by atoms with Crippen molar-refractivity contribution < 1.29 is 14.3 Å². The molecule has 84 valence electrons. The van der Waals surface area contributed by atoms with Crippen LogP contribution < -0.4 is 0 Å². The van der Waals surface area contributed by atoms with Crippen molar-refractivity contribution in [1.82, 2.24) is 4.98 Å². The maximum absolute atomic E-state index is 11.5. The van der Waals surface area contributed by atoms with Gasteiger partial charge >= 0.3 is 5.97 Å². The molecule has 0 aliphatic heterocycles. The number of carbonyl (C=O) groups excluding carboxylic acids is 1. The van der Waals surface area contributed by atoms with Gasteiger partial charge in [0.2, 0.25) is 0 Å². The minimum Gasteiger partial charge on any atom is -0.467 e. The Labute approximate surface area is 101 Å². The Balaban J connectivity index is 2.85. The highest BCUT2D eigenvalue weighted by atomic mass is 79.9. The van der Waals surface area contributed by atoms with Crippen LogP contribution in [0.1, 0.15) is 25.6 Å². The Bertz CT molecular complexity index is 340. The van der Waals surface area contributed by atoms with Crippen molar-refractivity contribution in [2.45, 2.75) is 26.1 Å². The lowest BCUT2D eigenvalue weighted by atomic mass is 10.3. The van der Waals surface area contributed by atoms with Gasteiger partial charge in [-0.3, -0.25) is 0 Å². The average molecular weight is 294 g/mol. The number of rotatable bonds is 4. The van der Waals surface area contributed by atoms with Crippen molar-refractivity contribution >= 4 is 33.2 Å². The van der Waals surface area contributed by atoms with Crippen molar-refractivity contribution in [2.75, 3.05) is 7.11 Å². The Morgan fingerprint density at radius 3 is 2.67 bits per heavy atom. The van der Waals surface area contributed by atoms with Gasteiger partial charge in [0.25, 0.3) is 0 Å². The quantitative estimate of drug-likeness (QED) is 0.801. The maximum atomic E-state index is 11.5. The zero-order valence-corrected chi connectivity index (χ0v) is 11.1. The van der Waals surface area contributed by atoms with Crippen LogP contribution in [0.4, 0.5) is 0 Å². The topological polar surface area (TPSA) is 48.4 Å². The molecule has 6 heteroatoms. The number of methoxy groups -OCH3 is 1. The van der Waals surface area contributed by atoms with Gasteiger partial charge in [0.15, 0.2) is 10.0 Å². The second-order valence-electron chi connectivity index (χ2n) is 3.11. The second-order valence-corrected chi connectivity index (χ2v) is 5.25. The van der Waals surface area contributed by atoms with E-state index < -0.39 is 12.1 Å². The number of aromatic nitrogens is 1. The number of nitrogens with zero attached hydrogens (tertiary/aromatic N) is 1. The lowest BCUT2D eigenvalue weighted by molar-refractivity contribution is -0.157. The second kappa shape index (κ2) is 5.58. The summed E-state index contributed by atoms with van der Waals surface area (Å²) in [5.74, 6) is -0.429. The van der Waals surface area contributed by atoms with Crippen LogP contribution in [-0.2, 0) is 14.3 Å². The summed E-state index contributed by atoms with van der Waals surface area (Å²) in [5, 5.41) is 1.77. The Morgan fingerprint density at radius 2 is 2.27 bits per heavy atom. The first-order valence-corrected chi connectivity index (χ1v) is 6.06. The van der Waals surface area contributed by atoms with Crippen molar-refractivity contribution in [3.05, 3.63) is 15.0 Å². The summed E-state index contributed by atoms with van der Waals surface area (Å²) in [6.45, 7) is 3.72. The van der Waals surface area contributed by atoms with Crippen LogP contribution in [0.25, 0.3) is 0 Å². The van der Waals surface area contributed by atoms with E-state index in [1.54, 1.807) is 5.38 Å². The molecule has 15 heavy (non-hydrogen) atoms. The van der Waals surface area contributed by atoms with Crippen LogP contribution in [0.2, 0.25) is 0 Å². The SMILES string of the molecule is COC(=O)C(OC(C)C)c1csc(Br)n1. The van der Waals surface area contributed by atoms with Crippen molar-refractivity contribution in [3.63, 3.8) is 0 Å². The van der Waals surface area contributed by atoms with E-state index in [4.69, 9.17) is 4.74 Å². The molecular weight excluding hydrogens is 282 g/mol. The highest BCUT2D eigenvalue weighted by Crippen LogP contribution is 2.25. The van der Waals surface area contributed by atoms with E-state index in [-0.39, 0.29) is 6.10 Å². The van der Waals surface area contributed by atoms with E-state index in [0.29, 0.717) is 5.69 Å². The highest BCUT2D eigenvalue weighted by Gasteiger charge is 2.25. The van der Waals surface area contributed by atoms with Gasteiger partial charge in [-0.2, -0.15) is 0 Å². The molecule has 0 radical (unpaired) electrons. The monoisotopic (exact) mass is 293 g/mol. The van der Waals surface area contributed by atoms with E-state index in [9.17, 15) is 4.79 Å². The van der Waals surface area contributed by atoms with Gasteiger partial charge in [-0.25, -0.2) is 9.78 Å². The minimum absolute atomic E-state index is 0.0606. The average Bonchev–Trinajstić information content (AvgIpc) is 2.59. The number of ether oxygens (including phenoxy) is 2. The third kappa shape index (κ3) is 3.55. The molecule has 0 aliphatic rings. The number of hydrogen-bond donors (Lipinski definition) is 0. The van der Waals surface area contributed by atoms with Gasteiger partial charge < -0.3 is 9.47 Å². The Hall–Kier alpha value is -0.460. The van der Waals surface area contributed by atoms with Gasteiger partial charge in [-0.05, 0) is 29.8 Å². The van der Waals surface area contributed by atoms with E-state index in [1.807, 2.05) is 13.8 Å². The van der Waals surface area contributed by atoms with E-state index in [1.165, 1.54) is 18.4 Å². The number of carbonyl (C=O) groups is 1. The molecule has 0 fully saturated rings. The number of esters is 1. The van der Waals surface area contributed by atoms with Crippen molar-refractivity contribution in [3.8, 4) is 0 Å². The van der Waals surface area contributed by atoms with E-state index >= 15 is 0 Å².